The van der Waals surface area contributed by atoms with E-state index < -0.39 is 11.9 Å². The summed E-state index contributed by atoms with van der Waals surface area (Å²) < 4.78 is 9.48. The third-order valence-corrected chi connectivity index (χ3v) is 7.19. The third-order valence-electron chi connectivity index (χ3n) is 6.99. The molecule has 0 unspecified atom stereocenters. The van der Waals surface area contributed by atoms with E-state index in [9.17, 15) is 14.4 Å². The maximum atomic E-state index is 12.8. The monoisotopic (exact) mass is 444 g/mol. The number of nitrogens with one attached hydrogen (secondary N) is 2. The van der Waals surface area contributed by atoms with Crippen molar-refractivity contribution in [3.05, 3.63) is 29.3 Å². The Balaban J connectivity index is 1.41. The van der Waals surface area contributed by atoms with Crippen molar-refractivity contribution in [2.75, 3.05) is 19.5 Å². The van der Waals surface area contributed by atoms with Crippen LogP contribution in [0.15, 0.2) is 18.2 Å². The number of amides is 1. The predicted octanol–water partition coefficient (Wildman–Crippen LogP) is 3.68. The molecule has 2 N–H and O–H groups in total. The molecule has 31 heavy (non-hydrogen) atoms. The van der Waals surface area contributed by atoms with Crippen molar-refractivity contribution in [3.8, 4) is 0 Å². The number of methoxy groups -OCH3 is 2. The highest BCUT2D eigenvalue weighted by atomic mass is 32.1. The summed E-state index contributed by atoms with van der Waals surface area (Å²) in [7, 11) is 2.52. The number of carbonyl (C=O) groups is 3. The Morgan fingerprint density at radius 1 is 0.935 bits per heavy atom. The molecule has 4 aliphatic rings. The quantitative estimate of drug-likeness (QED) is 0.528. The molecule has 0 saturated heterocycles. The highest BCUT2D eigenvalue weighted by Gasteiger charge is 2.51. The zero-order valence-corrected chi connectivity index (χ0v) is 18.7. The second-order valence-electron chi connectivity index (χ2n) is 9.38. The molecule has 4 bridgehead atoms. The fraction of sp³-hybridized carbons (Fsp3) is 0.565. The van der Waals surface area contributed by atoms with E-state index in [1.165, 1.54) is 51.7 Å². The van der Waals surface area contributed by atoms with E-state index in [1.807, 2.05) is 0 Å². The first kappa shape index (κ1) is 21.7. The largest absolute Gasteiger partial charge is 0.465 e. The van der Waals surface area contributed by atoms with Crippen molar-refractivity contribution in [1.82, 2.24) is 5.32 Å². The minimum atomic E-state index is -0.592. The van der Waals surface area contributed by atoms with Gasteiger partial charge in [0, 0.05) is 12.1 Å². The van der Waals surface area contributed by atoms with E-state index in [-0.39, 0.29) is 27.6 Å². The van der Waals surface area contributed by atoms with Crippen LogP contribution in [-0.4, -0.2) is 37.2 Å². The molecule has 7 nitrogen and oxygen atoms in total. The number of hydrogen-bond acceptors (Lipinski definition) is 6. The fourth-order valence-corrected chi connectivity index (χ4v) is 6.58. The van der Waals surface area contributed by atoms with Crippen LogP contribution in [0.2, 0.25) is 0 Å². The van der Waals surface area contributed by atoms with Gasteiger partial charge in [-0.1, -0.05) is 0 Å². The molecule has 4 saturated carbocycles. The van der Waals surface area contributed by atoms with Crippen LogP contribution in [0.25, 0.3) is 0 Å². The van der Waals surface area contributed by atoms with Gasteiger partial charge >= 0.3 is 11.9 Å². The van der Waals surface area contributed by atoms with Gasteiger partial charge in [-0.05, 0) is 92.1 Å². The number of anilines is 1. The summed E-state index contributed by atoms with van der Waals surface area (Å²) >= 11 is 5.32. The molecule has 0 radical (unpaired) electrons. The number of rotatable bonds is 5. The van der Waals surface area contributed by atoms with Crippen LogP contribution >= 0.6 is 12.2 Å². The highest BCUT2D eigenvalue weighted by molar-refractivity contribution is 7.80. The molecule has 166 valence electrons. The topological polar surface area (TPSA) is 93.7 Å². The molecular formula is C23H28N2O5S. The van der Waals surface area contributed by atoms with Crippen molar-refractivity contribution >= 4 is 40.9 Å². The normalized spacial score (nSPS) is 28.0. The van der Waals surface area contributed by atoms with Crippen molar-refractivity contribution in [2.45, 2.75) is 44.9 Å². The van der Waals surface area contributed by atoms with E-state index in [0.29, 0.717) is 12.1 Å². The van der Waals surface area contributed by atoms with Gasteiger partial charge in [-0.2, -0.15) is 0 Å². The lowest BCUT2D eigenvalue weighted by Crippen LogP contribution is -2.48. The van der Waals surface area contributed by atoms with E-state index in [2.05, 4.69) is 10.6 Å². The first-order valence-corrected chi connectivity index (χ1v) is 11.1. The predicted molar refractivity (Wildman–Crippen MR) is 119 cm³/mol. The van der Waals surface area contributed by atoms with Crippen LogP contribution in [0.5, 0.6) is 0 Å². The Bertz CT molecular complexity index is 859. The van der Waals surface area contributed by atoms with Gasteiger partial charge in [0.2, 0.25) is 5.91 Å². The molecule has 1 aromatic carbocycles. The summed E-state index contributed by atoms with van der Waals surface area (Å²) in [4.78, 5) is 36.7. The number of hydrogen-bond donors (Lipinski definition) is 2. The van der Waals surface area contributed by atoms with Crippen molar-refractivity contribution in [3.63, 3.8) is 0 Å². The maximum absolute atomic E-state index is 12.8. The fourth-order valence-electron chi connectivity index (χ4n) is 6.35. The van der Waals surface area contributed by atoms with E-state index in [4.69, 9.17) is 21.7 Å². The Morgan fingerprint density at radius 2 is 1.42 bits per heavy atom. The summed E-state index contributed by atoms with van der Waals surface area (Å²) in [6.45, 7) is 0. The summed E-state index contributed by atoms with van der Waals surface area (Å²) in [6, 6.07) is 4.41. The molecular weight excluding hydrogens is 416 g/mol. The standard InChI is InChI=1S/C23H28N2O5S/c1-29-20(27)16-6-17(21(28)30-2)8-18(7-16)24-22(31)25-19(26)12-23-9-13-3-14(10-23)5-15(4-13)11-23/h6-8,13-15H,3-5,9-12H2,1-2H3,(H2,24,25,26,31). The SMILES string of the molecule is COC(=O)c1cc(NC(=S)NC(=O)CC23CC4CC(CC(C4)C2)C3)cc(C(=O)OC)c1. The van der Waals surface area contributed by atoms with Crippen LogP contribution in [0.4, 0.5) is 5.69 Å². The van der Waals surface area contributed by atoms with Crippen LogP contribution in [0.3, 0.4) is 0 Å². The van der Waals surface area contributed by atoms with Crippen LogP contribution in [0.1, 0.15) is 65.7 Å². The van der Waals surface area contributed by atoms with Gasteiger partial charge in [0.1, 0.15) is 0 Å². The van der Waals surface area contributed by atoms with Gasteiger partial charge in [-0.15, -0.1) is 0 Å². The molecule has 0 aromatic heterocycles. The third kappa shape index (κ3) is 4.74. The molecule has 0 atom stereocenters. The minimum absolute atomic E-state index is 0.0863. The zero-order valence-electron chi connectivity index (χ0n) is 17.9. The Hall–Kier alpha value is -2.48. The number of thiocarbonyl (C=S) groups is 1. The lowest BCUT2D eigenvalue weighted by Gasteiger charge is -2.56. The molecule has 0 heterocycles. The summed E-state index contributed by atoms with van der Waals surface area (Å²) in [6.07, 6.45) is 7.94. The number of benzene rings is 1. The average molecular weight is 445 g/mol. The van der Waals surface area contributed by atoms with Gasteiger partial charge in [0.25, 0.3) is 0 Å². The van der Waals surface area contributed by atoms with Crippen LogP contribution in [-0.2, 0) is 14.3 Å². The first-order valence-electron chi connectivity index (χ1n) is 10.7. The molecule has 4 fully saturated rings. The Kier molecular flexibility index (Phi) is 6.01. The van der Waals surface area contributed by atoms with Gasteiger partial charge in [0.05, 0.1) is 25.3 Å². The average Bonchev–Trinajstić information content (AvgIpc) is 2.70. The lowest BCUT2D eigenvalue weighted by atomic mass is 9.49. The number of esters is 2. The van der Waals surface area contributed by atoms with Gasteiger partial charge in [-0.25, -0.2) is 9.59 Å². The smallest absolute Gasteiger partial charge is 0.337 e. The zero-order chi connectivity index (χ0) is 22.2. The van der Waals surface area contributed by atoms with Gasteiger partial charge in [0.15, 0.2) is 5.11 Å². The summed E-state index contributed by atoms with van der Waals surface area (Å²) in [5.41, 5.74) is 0.867. The second kappa shape index (κ2) is 8.57. The minimum Gasteiger partial charge on any atom is -0.465 e. The number of carbonyl (C=O) groups excluding carboxylic acids is 3. The Morgan fingerprint density at radius 3 is 1.87 bits per heavy atom. The van der Waals surface area contributed by atoms with E-state index in [0.717, 1.165) is 37.0 Å². The molecule has 8 heteroatoms. The van der Waals surface area contributed by atoms with Crippen molar-refractivity contribution in [1.29, 1.82) is 0 Å². The van der Waals surface area contributed by atoms with Crippen molar-refractivity contribution < 1.29 is 23.9 Å². The van der Waals surface area contributed by atoms with E-state index >= 15 is 0 Å². The first-order chi connectivity index (χ1) is 14.8. The maximum Gasteiger partial charge on any atom is 0.337 e. The van der Waals surface area contributed by atoms with E-state index in [1.54, 1.807) is 0 Å². The summed E-state index contributed by atoms with van der Waals surface area (Å²) in [5.74, 6) is 1.07. The number of ether oxygens (including phenoxy) is 2. The molecule has 0 aliphatic heterocycles. The molecule has 1 amide bonds. The summed E-state index contributed by atoms with van der Waals surface area (Å²) in [5, 5.41) is 5.81. The second-order valence-corrected chi connectivity index (χ2v) is 9.79. The molecule has 1 aromatic rings. The van der Waals surface area contributed by atoms with Crippen LogP contribution in [0, 0.1) is 23.2 Å². The Labute approximate surface area is 187 Å². The van der Waals surface area contributed by atoms with Gasteiger partial charge in [-0.3, -0.25) is 4.79 Å². The van der Waals surface area contributed by atoms with Crippen molar-refractivity contribution in [2.24, 2.45) is 23.2 Å². The lowest BCUT2D eigenvalue weighted by molar-refractivity contribution is -0.127. The van der Waals surface area contributed by atoms with Crippen LogP contribution < -0.4 is 10.6 Å². The highest BCUT2D eigenvalue weighted by Crippen LogP contribution is 2.61. The molecule has 5 rings (SSSR count). The van der Waals surface area contributed by atoms with Gasteiger partial charge < -0.3 is 20.1 Å². The molecule has 4 aliphatic carbocycles. The molecule has 0 spiro atoms.